The Labute approximate surface area is 234 Å². The highest BCUT2D eigenvalue weighted by Crippen LogP contribution is 2.41. The Balaban J connectivity index is 1.46. The van der Waals surface area contributed by atoms with Crippen molar-refractivity contribution in [3.8, 4) is 5.69 Å². The van der Waals surface area contributed by atoms with Crippen molar-refractivity contribution in [3.05, 3.63) is 75.1 Å². The van der Waals surface area contributed by atoms with Crippen LogP contribution >= 0.6 is 11.6 Å². The number of imide groups is 1. The van der Waals surface area contributed by atoms with Crippen LogP contribution in [0, 0.1) is 0 Å². The minimum Gasteiger partial charge on any atom is -0.443 e. The first-order valence-electron chi connectivity index (χ1n) is 12.8. The minimum atomic E-state index is -0.772. The molecule has 2 aliphatic rings. The number of carbonyl (C=O) groups excluding carboxylic acids is 2. The van der Waals surface area contributed by atoms with E-state index >= 15 is 0 Å². The average molecular weight is 563 g/mol. The molecule has 1 aromatic carbocycles. The van der Waals surface area contributed by atoms with Crippen LogP contribution in [0.2, 0.25) is 5.02 Å². The molecule has 6 rings (SSSR count). The number of anilines is 2. The van der Waals surface area contributed by atoms with Crippen LogP contribution in [0.1, 0.15) is 55.1 Å². The number of halogens is 1. The number of rotatable bonds is 4. The smallest absolute Gasteiger partial charge is 0.417 e. The summed E-state index contributed by atoms with van der Waals surface area (Å²) in [5.74, 6) is 0.601. The zero-order valence-electron chi connectivity index (χ0n) is 22.4. The molecule has 3 aromatic heterocycles. The van der Waals surface area contributed by atoms with Crippen molar-refractivity contribution in [2.24, 2.45) is 0 Å². The van der Waals surface area contributed by atoms with Gasteiger partial charge in [-0.25, -0.2) is 19.2 Å². The van der Waals surface area contributed by atoms with Crippen molar-refractivity contribution in [1.82, 2.24) is 29.0 Å². The number of nitrogens with zero attached hydrogens (tertiary/aromatic N) is 7. The van der Waals surface area contributed by atoms with Gasteiger partial charge in [-0.3, -0.25) is 14.2 Å². The minimum absolute atomic E-state index is 0.0351. The number of benzene rings is 1. The Hall–Kier alpha value is -4.45. The van der Waals surface area contributed by atoms with Gasteiger partial charge in [0.15, 0.2) is 5.82 Å². The molecule has 13 heteroatoms. The molecule has 1 atom stereocenters. The van der Waals surface area contributed by atoms with E-state index in [9.17, 15) is 14.4 Å². The van der Waals surface area contributed by atoms with Gasteiger partial charge in [0.05, 0.1) is 29.0 Å². The summed E-state index contributed by atoms with van der Waals surface area (Å²) in [4.78, 5) is 52.2. The fourth-order valence-electron chi connectivity index (χ4n) is 4.97. The summed E-state index contributed by atoms with van der Waals surface area (Å²) in [6, 6.07) is 10.4. The molecule has 2 amide bonds. The van der Waals surface area contributed by atoms with Crippen molar-refractivity contribution in [1.29, 1.82) is 0 Å². The van der Waals surface area contributed by atoms with Crippen LogP contribution in [-0.4, -0.2) is 60.2 Å². The maximum atomic E-state index is 13.7. The first-order valence-corrected chi connectivity index (χ1v) is 13.2. The second-order valence-corrected chi connectivity index (χ2v) is 11.0. The molecule has 1 N–H and O–H groups in total. The molecule has 0 radical (unpaired) electrons. The lowest BCUT2D eigenvalue weighted by Crippen LogP contribution is -2.46. The highest BCUT2D eigenvalue weighted by molar-refractivity contribution is 6.33. The quantitative estimate of drug-likeness (QED) is 0.395. The van der Waals surface area contributed by atoms with Gasteiger partial charge in [-0.2, -0.15) is 10.1 Å². The fourth-order valence-corrected chi connectivity index (χ4v) is 5.19. The Morgan fingerprint density at radius 1 is 1.12 bits per heavy atom. The van der Waals surface area contributed by atoms with E-state index in [4.69, 9.17) is 21.4 Å². The van der Waals surface area contributed by atoms with E-state index in [1.54, 1.807) is 44.6 Å². The Kier molecular flexibility index (Phi) is 6.02. The topological polar surface area (TPSA) is 127 Å². The molecule has 0 bridgehead atoms. The molecule has 0 spiro atoms. The Morgan fingerprint density at radius 3 is 2.52 bits per heavy atom. The van der Waals surface area contributed by atoms with Crippen LogP contribution in [0.5, 0.6) is 0 Å². The Morgan fingerprint density at radius 2 is 1.88 bits per heavy atom. The number of fused-ring (bicyclic) bond motifs is 2. The van der Waals surface area contributed by atoms with Gasteiger partial charge >= 0.3 is 6.09 Å². The number of ether oxygens (including phenoxy) is 1. The number of para-hydroxylation sites is 1. The first kappa shape index (κ1) is 25.8. The van der Waals surface area contributed by atoms with Crippen LogP contribution in [0.4, 0.5) is 16.6 Å². The Bertz CT molecular complexity index is 1730. The molecule has 4 aromatic rings. The molecule has 1 fully saturated rings. The number of amides is 2. The molecular formula is C27H27ClN8O4. The fraction of sp³-hybridized carbons (Fsp3) is 0.333. The van der Waals surface area contributed by atoms with Gasteiger partial charge < -0.3 is 15.0 Å². The first-order chi connectivity index (χ1) is 19.1. The predicted molar refractivity (Wildman–Crippen MR) is 148 cm³/mol. The number of hydrogen-bond acceptors (Lipinski definition) is 9. The standard InChI is InChI=1S/C27H27ClN8O4/c1-27(2,3)40-26(39)34-14-17-19(23(34)37)22(31-25(29-4)30-17)33-12-11-18(33)21-32-35-13-10-16(28)20(35)24(38)36(21)15-8-6-5-7-9-15/h5-10,13,18H,11-12,14H2,1-4H3,(H,29,30,31). The molecule has 1 saturated heterocycles. The molecule has 1 unspecified atom stereocenters. The average Bonchev–Trinajstić information content (AvgIpc) is 3.42. The van der Waals surface area contributed by atoms with Crippen molar-refractivity contribution in [2.75, 3.05) is 23.8 Å². The lowest BCUT2D eigenvalue weighted by Gasteiger charge is -2.42. The van der Waals surface area contributed by atoms with E-state index in [-0.39, 0.29) is 23.2 Å². The van der Waals surface area contributed by atoms with Crippen LogP contribution in [0.3, 0.4) is 0 Å². The van der Waals surface area contributed by atoms with E-state index in [1.165, 1.54) is 4.52 Å². The van der Waals surface area contributed by atoms with Crippen molar-refractivity contribution in [2.45, 2.75) is 45.4 Å². The summed E-state index contributed by atoms with van der Waals surface area (Å²) in [7, 11) is 1.68. The van der Waals surface area contributed by atoms with Gasteiger partial charge in [-0.1, -0.05) is 29.8 Å². The van der Waals surface area contributed by atoms with Crippen LogP contribution in [0.25, 0.3) is 11.2 Å². The number of nitrogens with one attached hydrogen (secondary N) is 1. The van der Waals surface area contributed by atoms with E-state index in [2.05, 4.69) is 15.3 Å². The monoisotopic (exact) mass is 562 g/mol. The normalized spacial score (nSPS) is 16.7. The van der Waals surface area contributed by atoms with E-state index in [0.717, 1.165) is 4.90 Å². The van der Waals surface area contributed by atoms with Gasteiger partial charge in [0.2, 0.25) is 5.95 Å². The largest absolute Gasteiger partial charge is 0.443 e. The summed E-state index contributed by atoms with van der Waals surface area (Å²) in [6.07, 6.45) is 1.55. The van der Waals surface area contributed by atoms with Crippen molar-refractivity contribution >= 4 is 40.9 Å². The third-order valence-electron chi connectivity index (χ3n) is 6.84. The maximum Gasteiger partial charge on any atom is 0.417 e. The summed E-state index contributed by atoms with van der Waals surface area (Å²) >= 11 is 6.35. The van der Waals surface area contributed by atoms with Gasteiger partial charge in [0, 0.05) is 19.8 Å². The van der Waals surface area contributed by atoms with Gasteiger partial charge in [0.25, 0.3) is 11.5 Å². The summed E-state index contributed by atoms with van der Waals surface area (Å²) in [5, 5.41) is 8.04. The van der Waals surface area contributed by atoms with Crippen LogP contribution in [0.15, 0.2) is 47.4 Å². The molecule has 0 aliphatic carbocycles. The van der Waals surface area contributed by atoms with E-state index in [0.29, 0.717) is 47.0 Å². The highest BCUT2D eigenvalue weighted by atomic mass is 35.5. The molecular weight excluding hydrogens is 536 g/mol. The number of hydrogen-bond donors (Lipinski definition) is 1. The molecule has 12 nitrogen and oxygen atoms in total. The second kappa shape index (κ2) is 9.33. The summed E-state index contributed by atoms with van der Waals surface area (Å²) in [6.45, 7) is 5.73. The zero-order chi connectivity index (χ0) is 28.3. The summed E-state index contributed by atoms with van der Waals surface area (Å²) < 4.78 is 8.49. The SMILES string of the molecule is CNc1nc2c(c(N3CCC3c3nn4ccc(Cl)c4c(=O)n3-c3ccccc3)n1)C(=O)N(C(=O)OC(C)(C)C)C2. The zero-order valence-corrected chi connectivity index (χ0v) is 23.1. The van der Waals surface area contributed by atoms with Crippen molar-refractivity contribution < 1.29 is 14.3 Å². The molecule has 2 aliphatic heterocycles. The van der Waals surface area contributed by atoms with Crippen molar-refractivity contribution in [3.63, 3.8) is 0 Å². The van der Waals surface area contributed by atoms with Crippen LogP contribution in [-0.2, 0) is 11.3 Å². The molecule has 5 heterocycles. The second-order valence-electron chi connectivity index (χ2n) is 10.6. The predicted octanol–water partition coefficient (Wildman–Crippen LogP) is 3.81. The molecule has 206 valence electrons. The molecule has 0 saturated carbocycles. The van der Waals surface area contributed by atoms with Crippen LogP contribution < -0.4 is 15.8 Å². The number of aromatic nitrogens is 5. The van der Waals surface area contributed by atoms with Gasteiger partial charge in [0.1, 0.15) is 22.5 Å². The lowest BCUT2D eigenvalue weighted by molar-refractivity contribution is 0.0247. The maximum absolute atomic E-state index is 13.7. The third kappa shape index (κ3) is 4.15. The lowest BCUT2D eigenvalue weighted by atomic mass is 10.0. The third-order valence-corrected chi connectivity index (χ3v) is 7.14. The van der Waals surface area contributed by atoms with Gasteiger partial charge in [-0.15, -0.1) is 0 Å². The van der Waals surface area contributed by atoms with E-state index in [1.807, 2.05) is 35.2 Å². The molecule has 40 heavy (non-hydrogen) atoms. The van der Waals surface area contributed by atoms with E-state index < -0.39 is 23.6 Å². The summed E-state index contributed by atoms with van der Waals surface area (Å²) in [5.41, 5.74) is 0.465. The number of carbonyl (C=O) groups is 2. The van der Waals surface area contributed by atoms with Gasteiger partial charge in [-0.05, 0) is 45.4 Å². The highest BCUT2D eigenvalue weighted by Gasteiger charge is 2.44.